The summed E-state index contributed by atoms with van der Waals surface area (Å²) in [5.41, 5.74) is 1.90. The van der Waals surface area contributed by atoms with Crippen molar-refractivity contribution in [3.05, 3.63) is 66.5 Å². The Kier molecular flexibility index (Phi) is 23.9. The number of benzene rings is 2. The molecule has 3 rings (SSSR count). The molecule has 312 valence electrons. The second-order valence-electron chi connectivity index (χ2n) is 12.4. The molecule has 0 bridgehead atoms. The van der Waals surface area contributed by atoms with Gasteiger partial charge in [0, 0.05) is 36.0 Å². The molecular weight excluding hydrogens is 743 g/mol. The van der Waals surface area contributed by atoms with Gasteiger partial charge in [-0.3, -0.25) is 4.79 Å². The van der Waals surface area contributed by atoms with Crippen molar-refractivity contribution < 1.29 is 60.7 Å². The predicted octanol–water partition coefficient (Wildman–Crippen LogP) is 5.43. The fraction of sp³-hybridized carbons (Fsp3) is 0.526. The van der Waals surface area contributed by atoms with Crippen molar-refractivity contribution in [2.75, 3.05) is 105 Å². The van der Waals surface area contributed by atoms with Gasteiger partial charge in [0.15, 0.2) is 0 Å². The number of carbonyl (C=O) groups excluding carboxylic acids is 2. The Morgan fingerprint density at radius 1 is 0.714 bits per heavy atom. The van der Waals surface area contributed by atoms with E-state index in [9.17, 15) is 22.8 Å². The van der Waals surface area contributed by atoms with Crippen LogP contribution in [0.1, 0.15) is 31.1 Å². The van der Waals surface area contributed by atoms with Crippen LogP contribution in [0.3, 0.4) is 0 Å². The lowest BCUT2D eigenvalue weighted by Crippen LogP contribution is -2.34. The molecule has 1 heterocycles. The van der Waals surface area contributed by atoms with Gasteiger partial charge in [-0.2, -0.15) is 0 Å². The Bertz CT molecular complexity index is 1500. The summed E-state index contributed by atoms with van der Waals surface area (Å²) >= 11 is 0. The maximum Gasteiger partial charge on any atom is 0.573 e. The molecule has 15 nitrogen and oxygen atoms in total. The molecule has 0 spiro atoms. The van der Waals surface area contributed by atoms with Crippen LogP contribution < -0.4 is 20.7 Å². The van der Waals surface area contributed by atoms with Gasteiger partial charge in [0.05, 0.1) is 85.0 Å². The topological polar surface area (TPSA) is 170 Å². The van der Waals surface area contributed by atoms with Crippen LogP contribution in [-0.4, -0.2) is 134 Å². The van der Waals surface area contributed by atoms with E-state index in [0.717, 1.165) is 18.4 Å². The van der Waals surface area contributed by atoms with Gasteiger partial charge in [-0.1, -0.05) is 18.2 Å². The number of amides is 1. The zero-order valence-electron chi connectivity index (χ0n) is 32.4. The average molecular weight is 798 g/mol. The van der Waals surface area contributed by atoms with Crippen molar-refractivity contribution in [3.8, 4) is 17.0 Å². The Hall–Kier alpha value is -4.43. The minimum Gasteiger partial charge on any atom is -0.444 e. The van der Waals surface area contributed by atoms with Crippen LogP contribution in [-0.2, 0) is 33.2 Å². The van der Waals surface area contributed by atoms with Crippen LogP contribution >= 0.6 is 0 Å². The zero-order valence-corrected chi connectivity index (χ0v) is 32.4. The van der Waals surface area contributed by atoms with Crippen LogP contribution in [0.15, 0.2) is 60.9 Å². The molecule has 0 atom stereocenters. The number of nitrogens with zero attached hydrogens (tertiary/aromatic N) is 2. The summed E-state index contributed by atoms with van der Waals surface area (Å²) in [6, 6.07) is 13.9. The van der Waals surface area contributed by atoms with Gasteiger partial charge >= 0.3 is 12.5 Å². The third-order valence-corrected chi connectivity index (χ3v) is 6.62. The van der Waals surface area contributed by atoms with Gasteiger partial charge < -0.3 is 53.8 Å². The lowest BCUT2D eigenvalue weighted by Gasteiger charge is -2.19. The molecule has 0 radical (unpaired) electrons. The molecule has 0 saturated carbocycles. The Morgan fingerprint density at radius 3 is 1.75 bits per heavy atom. The Labute approximate surface area is 325 Å². The van der Waals surface area contributed by atoms with Crippen LogP contribution in [0.2, 0.25) is 0 Å². The Morgan fingerprint density at radius 2 is 1.25 bits per heavy atom. The molecule has 0 unspecified atom stereocenters. The third kappa shape index (κ3) is 24.9. The highest BCUT2D eigenvalue weighted by atomic mass is 19.4. The van der Waals surface area contributed by atoms with E-state index in [1.54, 1.807) is 24.3 Å². The molecule has 0 aliphatic heterocycles. The van der Waals surface area contributed by atoms with Gasteiger partial charge in [-0.05, 0) is 58.2 Å². The fourth-order valence-corrected chi connectivity index (χ4v) is 4.16. The van der Waals surface area contributed by atoms with Gasteiger partial charge in [-0.15, -0.1) is 13.2 Å². The molecule has 1 aromatic heterocycles. The van der Waals surface area contributed by atoms with E-state index in [1.165, 1.54) is 30.6 Å². The van der Waals surface area contributed by atoms with E-state index < -0.39 is 18.1 Å². The Balaban J connectivity index is 0.000000389. The lowest BCUT2D eigenvalue weighted by atomic mass is 10.1. The lowest BCUT2D eigenvalue weighted by molar-refractivity contribution is -0.274. The number of aldehydes is 1. The van der Waals surface area contributed by atoms with E-state index >= 15 is 0 Å². The molecular formula is C38H54F3N5O10. The van der Waals surface area contributed by atoms with Crippen LogP contribution in [0.5, 0.6) is 5.75 Å². The highest BCUT2D eigenvalue weighted by molar-refractivity contribution is 5.78. The van der Waals surface area contributed by atoms with Gasteiger partial charge in [0.1, 0.15) is 29.8 Å². The number of nitrogens with one attached hydrogen (secondary N) is 3. The summed E-state index contributed by atoms with van der Waals surface area (Å²) in [6.07, 6.45) is -3.07. The van der Waals surface area contributed by atoms with E-state index in [2.05, 4.69) is 30.7 Å². The van der Waals surface area contributed by atoms with Gasteiger partial charge in [0.25, 0.3) is 0 Å². The number of rotatable bonds is 26. The largest absolute Gasteiger partial charge is 0.573 e. The first-order valence-electron chi connectivity index (χ1n) is 18.0. The maximum atomic E-state index is 12.2. The smallest absolute Gasteiger partial charge is 0.444 e. The van der Waals surface area contributed by atoms with Crippen molar-refractivity contribution in [2.24, 2.45) is 0 Å². The molecule has 56 heavy (non-hydrogen) atoms. The molecule has 3 N–H and O–H groups in total. The summed E-state index contributed by atoms with van der Waals surface area (Å²) in [5.74, 6) is 0.146. The van der Waals surface area contributed by atoms with Crippen molar-refractivity contribution >= 4 is 23.9 Å². The van der Waals surface area contributed by atoms with Gasteiger partial charge in [-0.25, -0.2) is 14.8 Å². The number of likely N-dealkylation sites (N-methyl/N-ethyl adjacent to an activating group) is 1. The summed E-state index contributed by atoms with van der Waals surface area (Å²) in [7, 11) is 1.89. The molecule has 0 fully saturated rings. The molecule has 0 aliphatic carbocycles. The second-order valence-corrected chi connectivity index (χ2v) is 12.4. The van der Waals surface area contributed by atoms with Crippen molar-refractivity contribution in [1.29, 1.82) is 0 Å². The van der Waals surface area contributed by atoms with E-state index in [1.807, 2.05) is 33.9 Å². The monoisotopic (exact) mass is 797 g/mol. The third-order valence-electron chi connectivity index (χ3n) is 6.62. The number of alkyl halides is 3. The number of carbonyl (C=O) groups is 2. The summed E-state index contributed by atoms with van der Waals surface area (Å²) in [4.78, 5) is 30.5. The van der Waals surface area contributed by atoms with Gasteiger partial charge in [0.2, 0.25) is 0 Å². The van der Waals surface area contributed by atoms with Crippen LogP contribution in [0.4, 0.5) is 29.5 Å². The maximum absolute atomic E-state index is 12.2. The van der Waals surface area contributed by atoms with Crippen molar-refractivity contribution in [1.82, 2.24) is 20.6 Å². The standard InChI is InChI=1S/C20H42N2O8.C18H12F3N3O2/c1-20(2,3)30-19(23)22-6-8-25-10-12-27-14-16-29-18-17-28-15-13-26-11-9-24-7-5-21-4;19-18(20,21)26-15-6-4-14(5-7-15)24-17-9-16(22-11-23-17)13-3-1-2-12(8-13)10-25/h21H,5-18H2,1-4H3,(H,22,23);1-11H,(H,22,23,24). The highest BCUT2D eigenvalue weighted by Gasteiger charge is 2.31. The van der Waals surface area contributed by atoms with E-state index in [0.29, 0.717) is 109 Å². The predicted molar refractivity (Wildman–Crippen MR) is 202 cm³/mol. The van der Waals surface area contributed by atoms with Crippen LogP contribution in [0, 0.1) is 0 Å². The normalized spacial score (nSPS) is 11.3. The van der Waals surface area contributed by atoms with E-state index in [4.69, 9.17) is 33.2 Å². The molecule has 1 amide bonds. The number of hydrogen-bond donors (Lipinski definition) is 3. The first-order valence-corrected chi connectivity index (χ1v) is 18.0. The first-order chi connectivity index (χ1) is 26.9. The molecule has 0 aliphatic rings. The minimum atomic E-state index is -4.73. The van der Waals surface area contributed by atoms with Crippen molar-refractivity contribution in [3.63, 3.8) is 0 Å². The number of halogens is 3. The first kappa shape index (κ1) is 47.7. The van der Waals surface area contributed by atoms with Crippen molar-refractivity contribution in [2.45, 2.75) is 32.7 Å². The van der Waals surface area contributed by atoms with Crippen LogP contribution in [0.25, 0.3) is 11.3 Å². The molecule has 18 heteroatoms. The molecule has 0 saturated heterocycles. The minimum absolute atomic E-state index is 0.308. The fourth-order valence-electron chi connectivity index (χ4n) is 4.16. The highest BCUT2D eigenvalue weighted by Crippen LogP contribution is 2.26. The summed E-state index contributed by atoms with van der Waals surface area (Å²) in [6.45, 7) is 13.0. The molecule has 2 aromatic carbocycles. The number of hydrogen-bond acceptors (Lipinski definition) is 14. The molecule has 3 aromatic rings. The number of anilines is 2. The number of aromatic nitrogens is 2. The number of ether oxygens (including phenoxy) is 8. The summed E-state index contributed by atoms with van der Waals surface area (Å²) in [5, 5.41) is 8.61. The summed E-state index contributed by atoms with van der Waals surface area (Å²) < 4.78 is 77.7. The SMILES string of the molecule is CNCCOCCOCCOCCOCCOCCOCCNC(=O)OC(C)(C)C.O=Cc1cccc(-c2cc(Nc3ccc(OC(F)(F)F)cc3)ncn2)c1. The average Bonchev–Trinajstić information content (AvgIpc) is 3.15. The van der Waals surface area contributed by atoms with E-state index in [-0.39, 0.29) is 5.75 Å². The zero-order chi connectivity index (χ0) is 40.9. The quantitative estimate of drug-likeness (QED) is 0.0695. The second kappa shape index (κ2) is 28.0. The number of alkyl carbamates (subject to hydrolysis) is 1.